The van der Waals surface area contributed by atoms with Crippen LogP contribution >= 0.6 is 0 Å². The lowest BCUT2D eigenvalue weighted by Gasteiger charge is -1.99. The number of nitrogens with two attached hydrogens (primary N) is 2. The summed E-state index contributed by atoms with van der Waals surface area (Å²) in [5.74, 6) is 0.181. The number of nitrogens with one attached hydrogen (secondary N) is 1. The van der Waals surface area contributed by atoms with Crippen molar-refractivity contribution in [3.05, 3.63) is 35.9 Å². The SMILES string of the molecule is Cc1cccc(-c2cc(N)n(C(=N)N)n2)c1. The highest BCUT2D eigenvalue weighted by atomic mass is 15.4. The van der Waals surface area contributed by atoms with Gasteiger partial charge in [0.1, 0.15) is 5.82 Å². The first-order chi connectivity index (χ1) is 7.58. The number of hydrogen-bond donors (Lipinski definition) is 3. The first-order valence-corrected chi connectivity index (χ1v) is 4.85. The lowest BCUT2D eigenvalue weighted by Crippen LogP contribution is -2.23. The third-order valence-electron chi connectivity index (χ3n) is 2.28. The first kappa shape index (κ1) is 10.2. The third kappa shape index (κ3) is 1.75. The summed E-state index contributed by atoms with van der Waals surface area (Å²) in [7, 11) is 0. The molecular formula is C11H13N5. The summed E-state index contributed by atoms with van der Waals surface area (Å²) in [6.07, 6.45) is 0. The van der Waals surface area contributed by atoms with E-state index in [2.05, 4.69) is 5.10 Å². The summed E-state index contributed by atoms with van der Waals surface area (Å²) in [5.41, 5.74) is 13.9. The van der Waals surface area contributed by atoms with E-state index in [9.17, 15) is 0 Å². The molecule has 2 rings (SSSR count). The van der Waals surface area contributed by atoms with Crippen molar-refractivity contribution in [2.24, 2.45) is 5.73 Å². The molecule has 0 saturated carbocycles. The van der Waals surface area contributed by atoms with Crippen LogP contribution in [0.2, 0.25) is 0 Å². The molecule has 0 unspecified atom stereocenters. The maximum atomic E-state index is 7.29. The number of hydrogen-bond acceptors (Lipinski definition) is 3. The lowest BCUT2D eigenvalue weighted by molar-refractivity contribution is 0.925. The standard InChI is InChI=1S/C11H13N5/c1-7-3-2-4-8(5-7)9-6-10(12)16(15-9)11(13)14/h2-6H,12H2,1H3,(H3,13,14). The van der Waals surface area contributed by atoms with E-state index in [4.69, 9.17) is 16.9 Å². The average molecular weight is 215 g/mol. The number of nitrogen functional groups attached to an aromatic ring is 2. The molecular weight excluding hydrogens is 202 g/mol. The summed E-state index contributed by atoms with van der Waals surface area (Å²) in [4.78, 5) is 0. The van der Waals surface area contributed by atoms with Crippen LogP contribution in [0.25, 0.3) is 11.3 Å². The summed E-state index contributed by atoms with van der Waals surface area (Å²) >= 11 is 0. The number of nitrogens with zero attached hydrogens (tertiary/aromatic N) is 2. The molecule has 82 valence electrons. The molecule has 5 nitrogen and oxygen atoms in total. The van der Waals surface area contributed by atoms with Gasteiger partial charge >= 0.3 is 0 Å². The second-order valence-corrected chi connectivity index (χ2v) is 3.62. The van der Waals surface area contributed by atoms with Gasteiger partial charge in [-0.3, -0.25) is 5.41 Å². The van der Waals surface area contributed by atoms with Crippen LogP contribution in [0.4, 0.5) is 5.82 Å². The monoisotopic (exact) mass is 215 g/mol. The Labute approximate surface area is 93.2 Å². The molecule has 5 heteroatoms. The Hall–Kier alpha value is -2.30. The third-order valence-corrected chi connectivity index (χ3v) is 2.28. The van der Waals surface area contributed by atoms with E-state index in [-0.39, 0.29) is 5.96 Å². The van der Waals surface area contributed by atoms with Crippen molar-refractivity contribution in [1.82, 2.24) is 9.78 Å². The largest absolute Gasteiger partial charge is 0.383 e. The van der Waals surface area contributed by atoms with Gasteiger partial charge < -0.3 is 11.5 Å². The first-order valence-electron chi connectivity index (χ1n) is 4.85. The van der Waals surface area contributed by atoms with Crippen LogP contribution < -0.4 is 11.5 Å². The Morgan fingerprint density at radius 2 is 2.12 bits per heavy atom. The molecule has 0 spiro atoms. The highest BCUT2D eigenvalue weighted by molar-refractivity contribution is 5.81. The predicted molar refractivity (Wildman–Crippen MR) is 64.1 cm³/mol. The molecule has 0 saturated heterocycles. The van der Waals surface area contributed by atoms with Gasteiger partial charge in [-0.2, -0.15) is 9.78 Å². The molecule has 0 bridgehead atoms. The minimum Gasteiger partial charge on any atom is -0.383 e. The van der Waals surface area contributed by atoms with Crippen molar-refractivity contribution in [2.45, 2.75) is 6.92 Å². The molecule has 1 heterocycles. The smallest absolute Gasteiger partial charge is 0.215 e. The highest BCUT2D eigenvalue weighted by Crippen LogP contribution is 2.20. The normalized spacial score (nSPS) is 10.3. The van der Waals surface area contributed by atoms with E-state index in [0.29, 0.717) is 5.82 Å². The number of aromatic nitrogens is 2. The molecule has 1 aromatic heterocycles. The van der Waals surface area contributed by atoms with Gasteiger partial charge in [-0.15, -0.1) is 0 Å². The highest BCUT2D eigenvalue weighted by Gasteiger charge is 2.08. The molecule has 0 aliphatic rings. The van der Waals surface area contributed by atoms with E-state index < -0.39 is 0 Å². The van der Waals surface area contributed by atoms with Crippen LogP contribution in [-0.4, -0.2) is 15.7 Å². The fourth-order valence-electron chi connectivity index (χ4n) is 1.53. The van der Waals surface area contributed by atoms with Crippen LogP contribution in [0.5, 0.6) is 0 Å². The topological polar surface area (TPSA) is 93.7 Å². The average Bonchev–Trinajstić information content (AvgIpc) is 2.60. The van der Waals surface area contributed by atoms with Gasteiger partial charge in [-0.25, -0.2) is 0 Å². The minimum absolute atomic E-state index is 0.184. The Morgan fingerprint density at radius 1 is 1.38 bits per heavy atom. The minimum atomic E-state index is -0.184. The quantitative estimate of drug-likeness (QED) is 0.492. The molecule has 1 aromatic carbocycles. The van der Waals surface area contributed by atoms with Crippen LogP contribution in [0, 0.1) is 12.3 Å². The van der Waals surface area contributed by atoms with Gasteiger partial charge in [0.15, 0.2) is 0 Å². The molecule has 0 amide bonds. The molecule has 0 atom stereocenters. The van der Waals surface area contributed by atoms with Gasteiger partial charge in [-0.1, -0.05) is 23.8 Å². The number of anilines is 1. The summed E-state index contributed by atoms with van der Waals surface area (Å²) in [6, 6.07) is 9.62. The van der Waals surface area contributed by atoms with Crippen LogP contribution in [0.15, 0.2) is 30.3 Å². The van der Waals surface area contributed by atoms with Gasteiger partial charge in [-0.05, 0) is 13.0 Å². The number of rotatable bonds is 1. The molecule has 0 aliphatic heterocycles. The summed E-state index contributed by atoms with van der Waals surface area (Å²) in [6.45, 7) is 2.01. The Bertz CT molecular complexity index is 541. The van der Waals surface area contributed by atoms with Crippen molar-refractivity contribution >= 4 is 11.8 Å². The second-order valence-electron chi connectivity index (χ2n) is 3.62. The summed E-state index contributed by atoms with van der Waals surface area (Å²) < 4.78 is 1.21. The lowest BCUT2D eigenvalue weighted by atomic mass is 10.1. The number of aryl methyl sites for hydroxylation is 1. The van der Waals surface area contributed by atoms with E-state index >= 15 is 0 Å². The zero-order chi connectivity index (χ0) is 11.7. The van der Waals surface area contributed by atoms with Gasteiger partial charge in [0.2, 0.25) is 5.96 Å². The maximum Gasteiger partial charge on any atom is 0.215 e. The zero-order valence-electron chi connectivity index (χ0n) is 8.94. The Kier molecular flexibility index (Phi) is 2.36. The Morgan fingerprint density at radius 3 is 2.69 bits per heavy atom. The van der Waals surface area contributed by atoms with Crippen molar-refractivity contribution in [3.63, 3.8) is 0 Å². The molecule has 2 aromatic rings. The van der Waals surface area contributed by atoms with Crippen LogP contribution in [-0.2, 0) is 0 Å². The number of benzene rings is 1. The Balaban J connectivity index is 2.49. The van der Waals surface area contributed by atoms with E-state index in [1.807, 2.05) is 31.2 Å². The molecule has 0 radical (unpaired) electrons. The van der Waals surface area contributed by atoms with E-state index in [1.165, 1.54) is 4.68 Å². The van der Waals surface area contributed by atoms with Gasteiger partial charge in [0, 0.05) is 11.6 Å². The van der Waals surface area contributed by atoms with E-state index in [1.54, 1.807) is 6.07 Å². The van der Waals surface area contributed by atoms with Crippen molar-refractivity contribution in [1.29, 1.82) is 5.41 Å². The van der Waals surface area contributed by atoms with Crippen molar-refractivity contribution in [2.75, 3.05) is 5.73 Å². The zero-order valence-corrected chi connectivity index (χ0v) is 8.94. The molecule has 0 fully saturated rings. The molecule has 0 aliphatic carbocycles. The van der Waals surface area contributed by atoms with Gasteiger partial charge in [0.05, 0.1) is 5.69 Å². The molecule has 16 heavy (non-hydrogen) atoms. The summed E-state index contributed by atoms with van der Waals surface area (Å²) in [5, 5.41) is 11.5. The fraction of sp³-hybridized carbons (Fsp3) is 0.0909. The van der Waals surface area contributed by atoms with Crippen LogP contribution in [0.1, 0.15) is 5.56 Å². The van der Waals surface area contributed by atoms with Crippen molar-refractivity contribution in [3.8, 4) is 11.3 Å². The van der Waals surface area contributed by atoms with Crippen molar-refractivity contribution < 1.29 is 0 Å². The molecule has 5 N–H and O–H groups in total. The fourth-order valence-corrected chi connectivity index (χ4v) is 1.53. The second kappa shape index (κ2) is 3.69. The predicted octanol–water partition coefficient (Wildman–Crippen LogP) is 1.18. The van der Waals surface area contributed by atoms with Crippen LogP contribution in [0.3, 0.4) is 0 Å². The maximum absolute atomic E-state index is 7.29. The van der Waals surface area contributed by atoms with Gasteiger partial charge in [0.25, 0.3) is 0 Å². The van der Waals surface area contributed by atoms with E-state index in [0.717, 1.165) is 16.8 Å².